The average molecular weight is 909 g/mol. The third kappa shape index (κ3) is 11.5. The molecule has 348 valence electrons. The maximum atomic E-state index is 15.2. The third-order valence-electron chi connectivity index (χ3n) is 14.9. The van der Waals surface area contributed by atoms with Crippen LogP contribution in [0.15, 0.2) is 47.5 Å². The minimum absolute atomic E-state index is 0.00516. The second-order valence-electron chi connectivity index (χ2n) is 18.5. The number of guanidine groups is 1. The summed E-state index contributed by atoms with van der Waals surface area (Å²) in [5, 5.41) is 43.3. The van der Waals surface area contributed by atoms with Gasteiger partial charge in [0.25, 0.3) is 0 Å². The Morgan fingerprint density at radius 2 is 1.86 bits per heavy atom. The molecule has 6 N–H and O–H groups in total. The number of carbonyl (C=O) groups is 2. The van der Waals surface area contributed by atoms with Gasteiger partial charge in [-0.3, -0.25) is 9.79 Å². The van der Waals surface area contributed by atoms with E-state index in [-0.39, 0.29) is 41.0 Å². The average Bonchev–Trinajstić information content (AvgIpc) is 4.04. The van der Waals surface area contributed by atoms with E-state index in [1.54, 1.807) is 41.8 Å². The molecular formula is C49H72N4O8S2. The number of phenolic OH excluding ortho intramolecular Hbond substituents is 2. The van der Waals surface area contributed by atoms with Gasteiger partial charge < -0.3 is 50.3 Å². The van der Waals surface area contributed by atoms with Gasteiger partial charge in [0.2, 0.25) is 0 Å². The Hall–Kier alpha value is -3.43. The molecule has 7 unspecified atom stereocenters. The maximum absolute atomic E-state index is 15.2. The summed E-state index contributed by atoms with van der Waals surface area (Å²) < 4.78 is 17.8. The second kappa shape index (κ2) is 22.7. The first-order valence-corrected chi connectivity index (χ1v) is 25.6. The van der Waals surface area contributed by atoms with Crippen LogP contribution in [0.1, 0.15) is 114 Å². The number of aliphatic hydroxyl groups is 1. The zero-order valence-electron chi connectivity index (χ0n) is 38.1. The Bertz CT molecular complexity index is 1910. The smallest absolute Gasteiger partial charge is 0.196 e. The van der Waals surface area contributed by atoms with Gasteiger partial charge in [0.1, 0.15) is 11.9 Å². The van der Waals surface area contributed by atoms with Crippen LogP contribution in [0.4, 0.5) is 5.69 Å². The lowest BCUT2D eigenvalue weighted by molar-refractivity contribution is -0.125. The van der Waals surface area contributed by atoms with Gasteiger partial charge in [0.05, 0.1) is 18.7 Å². The normalized spacial score (nSPS) is 27.9. The summed E-state index contributed by atoms with van der Waals surface area (Å²) in [6.07, 6.45) is 17.2. The molecule has 0 radical (unpaired) electrons. The van der Waals surface area contributed by atoms with E-state index in [0.717, 1.165) is 100 Å². The summed E-state index contributed by atoms with van der Waals surface area (Å²) in [4.78, 5) is 31.6. The van der Waals surface area contributed by atoms with E-state index in [2.05, 4.69) is 46.1 Å². The Labute approximate surface area is 383 Å². The topological polar surface area (TPSA) is 171 Å². The molecule has 3 saturated carbocycles. The summed E-state index contributed by atoms with van der Waals surface area (Å²) in [5.41, 5.74) is 0.851. The lowest BCUT2D eigenvalue weighted by atomic mass is 9.65. The summed E-state index contributed by atoms with van der Waals surface area (Å²) in [6.45, 7) is 2.70. The molecule has 0 amide bonds. The molecule has 3 fully saturated rings. The van der Waals surface area contributed by atoms with Crippen molar-refractivity contribution in [2.24, 2.45) is 34.1 Å². The zero-order valence-corrected chi connectivity index (χ0v) is 39.7. The molecule has 0 aromatic heterocycles. The Morgan fingerprint density at radius 1 is 1.05 bits per heavy atom. The molecule has 6 rings (SSSR count). The molecule has 1 spiro atoms. The number of ketones is 1. The van der Waals surface area contributed by atoms with Crippen molar-refractivity contribution in [3.63, 3.8) is 0 Å². The summed E-state index contributed by atoms with van der Waals surface area (Å²) in [5.74, 6) is 3.40. The molecule has 7 atom stereocenters. The van der Waals surface area contributed by atoms with Crippen molar-refractivity contribution in [1.29, 1.82) is 0 Å². The molecule has 1 aliphatic heterocycles. The number of aliphatic imine (C=N–C) groups is 1. The minimum Gasteiger partial charge on any atom is -0.504 e. The quantitative estimate of drug-likeness (QED) is 0.0409. The van der Waals surface area contributed by atoms with Gasteiger partial charge in [-0.1, -0.05) is 66.3 Å². The number of methoxy groups -OCH3 is 2. The van der Waals surface area contributed by atoms with Gasteiger partial charge in [-0.25, -0.2) is 0 Å². The minimum atomic E-state index is -0.850. The highest BCUT2D eigenvalue weighted by Gasteiger charge is 2.49. The van der Waals surface area contributed by atoms with E-state index < -0.39 is 22.7 Å². The Kier molecular flexibility index (Phi) is 17.6. The number of hydrogen-bond donors (Lipinski definition) is 6. The number of aldehydes is 1. The first-order chi connectivity index (χ1) is 30.5. The van der Waals surface area contributed by atoms with Crippen molar-refractivity contribution in [3.05, 3.63) is 53.6 Å². The molecule has 63 heavy (non-hydrogen) atoms. The fourth-order valence-electron chi connectivity index (χ4n) is 11.3. The highest BCUT2D eigenvalue weighted by Crippen LogP contribution is 2.55. The maximum Gasteiger partial charge on any atom is 0.196 e. The van der Waals surface area contributed by atoms with E-state index in [1.807, 2.05) is 25.3 Å². The van der Waals surface area contributed by atoms with Gasteiger partial charge in [0, 0.05) is 50.1 Å². The number of fused-ring (bicyclic) bond motifs is 4. The number of phenols is 2. The van der Waals surface area contributed by atoms with Crippen LogP contribution in [-0.4, -0.2) is 91.7 Å². The van der Waals surface area contributed by atoms with Crippen molar-refractivity contribution < 1.29 is 39.1 Å². The number of ether oxygens (including phenoxy) is 3. The molecule has 12 nitrogen and oxygen atoms in total. The predicted octanol–water partition coefficient (Wildman–Crippen LogP) is 8.92. The highest BCUT2D eigenvalue weighted by atomic mass is 33.1. The van der Waals surface area contributed by atoms with E-state index >= 15 is 4.79 Å². The molecule has 2 aromatic carbocycles. The standard InChI is InChI=1S/C49H72N4O8S2/c1-6-33(18-23-54)11-13-36-14-16-43(56)49(29-34-12-15-40(55)41(24-34)59-4)21-9-10-37(49)30-62-63-32-52-46(51-3)53-39-26-38(48(36)19-7-8-20-48)27-42(45(39)58)61-47(31-50-2)22-17-35(28-47)25-44(57)60-5/h12,14-16,23-24,26-27,33,35-37,44,50,55,57-58H,6-11,13,17-22,25,28-32H2,1-5H3,(H2,51,52,53). The molecule has 0 saturated heterocycles. The molecule has 14 heteroatoms. The first-order valence-electron chi connectivity index (χ1n) is 23.1. The number of aromatic hydroxyl groups is 2. The van der Waals surface area contributed by atoms with Crippen molar-refractivity contribution >= 4 is 45.3 Å². The lowest BCUT2D eigenvalue weighted by Gasteiger charge is -2.39. The number of rotatable bonds is 16. The molecule has 3 aliphatic carbocycles. The lowest BCUT2D eigenvalue weighted by Crippen LogP contribution is -2.43. The van der Waals surface area contributed by atoms with E-state index in [9.17, 15) is 20.1 Å². The highest BCUT2D eigenvalue weighted by molar-refractivity contribution is 8.76. The fraction of sp³-hybridized carbons (Fsp3) is 0.653. The predicted molar refractivity (Wildman–Crippen MR) is 255 cm³/mol. The number of aliphatic hydroxyl groups excluding tert-OH is 1. The van der Waals surface area contributed by atoms with Crippen LogP contribution in [0, 0.1) is 29.1 Å². The largest absolute Gasteiger partial charge is 0.504 e. The number of anilines is 1. The van der Waals surface area contributed by atoms with Crippen molar-refractivity contribution in [2.45, 2.75) is 127 Å². The van der Waals surface area contributed by atoms with Gasteiger partial charge in [-0.05, 0) is 136 Å². The molecule has 4 aliphatic rings. The van der Waals surface area contributed by atoms with Crippen molar-refractivity contribution in [2.75, 3.05) is 51.8 Å². The molecule has 2 bridgehead atoms. The molecule has 1 heterocycles. The first kappa shape index (κ1) is 49.0. The fourth-order valence-corrected chi connectivity index (χ4v) is 13.6. The van der Waals surface area contributed by atoms with Crippen LogP contribution in [0.3, 0.4) is 0 Å². The van der Waals surface area contributed by atoms with Crippen LogP contribution in [-0.2, 0) is 26.2 Å². The van der Waals surface area contributed by atoms with Gasteiger partial charge in [0.15, 0.2) is 41.0 Å². The number of allylic oxidation sites excluding steroid dienone is 2. The number of nitrogens with zero attached hydrogens (tertiary/aromatic N) is 1. The van der Waals surface area contributed by atoms with Crippen LogP contribution < -0.4 is 25.4 Å². The van der Waals surface area contributed by atoms with Crippen LogP contribution in [0.2, 0.25) is 0 Å². The van der Waals surface area contributed by atoms with Crippen LogP contribution in [0.25, 0.3) is 0 Å². The zero-order chi connectivity index (χ0) is 45.0. The number of nitrogens with one attached hydrogen (secondary N) is 3. The number of benzene rings is 2. The molecule has 2 aromatic rings. The second-order valence-corrected chi connectivity index (χ2v) is 21.0. The summed E-state index contributed by atoms with van der Waals surface area (Å²) in [7, 11) is 10.1. The van der Waals surface area contributed by atoms with Crippen molar-refractivity contribution in [3.8, 4) is 23.0 Å². The number of carbonyl (C=O) groups excluding carboxylic acids is 2. The van der Waals surface area contributed by atoms with E-state index in [1.165, 1.54) is 7.11 Å². The van der Waals surface area contributed by atoms with E-state index in [0.29, 0.717) is 61.3 Å². The van der Waals surface area contributed by atoms with Gasteiger partial charge >= 0.3 is 0 Å². The van der Waals surface area contributed by atoms with Crippen LogP contribution in [0.5, 0.6) is 23.0 Å². The molecular weight excluding hydrogens is 837 g/mol. The monoisotopic (exact) mass is 908 g/mol. The van der Waals surface area contributed by atoms with E-state index in [4.69, 9.17) is 14.2 Å². The summed E-state index contributed by atoms with van der Waals surface area (Å²) >= 11 is 0. The number of likely N-dealkylation sites (N-methyl/N-ethyl adjacent to an activating group) is 1. The van der Waals surface area contributed by atoms with Gasteiger partial charge in [-0.2, -0.15) is 0 Å². The van der Waals surface area contributed by atoms with Gasteiger partial charge in [-0.15, -0.1) is 0 Å². The Balaban J connectivity index is 1.48. The summed E-state index contributed by atoms with van der Waals surface area (Å²) in [6, 6.07) is 9.56. The van der Waals surface area contributed by atoms with Crippen molar-refractivity contribution in [1.82, 2.24) is 10.6 Å². The third-order valence-corrected chi connectivity index (χ3v) is 17.1. The SMILES string of the molecule is CCC(CC=O)CCC1C=CC(=O)C2(Cc3ccc(O)c(OC)c3)CCCC2CSSCNC(=NC)Nc2cc(cc(OC3(CNC)CCC(CC(O)OC)C3)c2O)C12CCCC2. The van der Waals surface area contributed by atoms with Crippen LogP contribution >= 0.6 is 21.6 Å². The Morgan fingerprint density at radius 3 is 2.57 bits per heavy atom. The number of hydrogen-bond acceptors (Lipinski definition) is 12.